The van der Waals surface area contributed by atoms with Crippen LogP contribution >= 0.6 is 11.3 Å². The second-order valence-electron chi connectivity index (χ2n) is 3.56. The molecule has 0 saturated carbocycles. The van der Waals surface area contributed by atoms with Crippen molar-refractivity contribution in [3.8, 4) is 6.07 Å². The molecule has 1 aromatic heterocycles. The van der Waals surface area contributed by atoms with E-state index in [1.807, 2.05) is 6.07 Å². The third-order valence-corrected chi connectivity index (χ3v) is 5.78. The van der Waals surface area contributed by atoms with Crippen LogP contribution in [0.5, 0.6) is 0 Å². The van der Waals surface area contributed by atoms with E-state index in [-0.39, 0.29) is 10.3 Å². The highest BCUT2D eigenvalue weighted by atomic mass is 32.2. The van der Waals surface area contributed by atoms with Gasteiger partial charge in [0.05, 0.1) is 6.61 Å². The van der Waals surface area contributed by atoms with E-state index in [4.69, 9.17) is 10.00 Å². The summed E-state index contributed by atoms with van der Waals surface area (Å²) in [5.41, 5.74) is 0. The molecule has 94 valence electrons. The van der Waals surface area contributed by atoms with Gasteiger partial charge in [0.1, 0.15) is 15.2 Å². The van der Waals surface area contributed by atoms with Gasteiger partial charge in [-0.2, -0.15) is 9.57 Å². The summed E-state index contributed by atoms with van der Waals surface area (Å²) in [7, 11) is -0.500. The number of methoxy groups -OCH3 is 1. The molecule has 0 aliphatic heterocycles. The van der Waals surface area contributed by atoms with E-state index in [9.17, 15) is 8.42 Å². The molecular weight excluding hydrogens is 260 g/mol. The minimum Gasteiger partial charge on any atom is -0.383 e. The van der Waals surface area contributed by atoms with E-state index in [1.54, 1.807) is 6.92 Å². The molecule has 1 heterocycles. The number of nitrogens with zero attached hydrogens (tertiary/aromatic N) is 2. The first-order valence-corrected chi connectivity index (χ1v) is 7.16. The number of hydrogen-bond donors (Lipinski definition) is 0. The van der Waals surface area contributed by atoms with Crippen LogP contribution < -0.4 is 0 Å². The Hall–Kier alpha value is -0.940. The minimum atomic E-state index is -3.53. The highest BCUT2D eigenvalue weighted by molar-refractivity contribution is 7.91. The Labute approximate surface area is 105 Å². The molecule has 0 aliphatic carbocycles. The number of nitriles is 1. The van der Waals surface area contributed by atoms with Gasteiger partial charge in [0.2, 0.25) is 0 Å². The monoisotopic (exact) mass is 274 g/mol. The Bertz CT molecular complexity index is 516. The number of rotatable bonds is 5. The van der Waals surface area contributed by atoms with E-state index < -0.39 is 10.0 Å². The molecule has 0 N–H and O–H groups in total. The predicted octanol–water partition coefficient (Wildman–Crippen LogP) is 1.28. The van der Waals surface area contributed by atoms with Crippen molar-refractivity contribution < 1.29 is 13.2 Å². The van der Waals surface area contributed by atoms with Crippen LogP contribution in [0.2, 0.25) is 0 Å². The highest BCUT2D eigenvalue weighted by Gasteiger charge is 2.26. The molecule has 1 unspecified atom stereocenters. The van der Waals surface area contributed by atoms with Crippen molar-refractivity contribution in [2.75, 3.05) is 20.8 Å². The van der Waals surface area contributed by atoms with E-state index in [2.05, 4.69) is 0 Å². The lowest BCUT2D eigenvalue weighted by Gasteiger charge is -2.22. The molecule has 1 atom stereocenters. The predicted molar refractivity (Wildman–Crippen MR) is 65.3 cm³/mol. The summed E-state index contributed by atoms with van der Waals surface area (Å²) in [5.74, 6) is 0. The Morgan fingerprint density at radius 3 is 2.71 bits per heavy atom. The molecule has 0 radical (unpaired) electrons. The van der Waals surface area contributed by atoms with Crippen LogP contribution in [0, 0.1) is 11.3 Å². The fraction of sp³-hybridized carbons (Fsp3) is 0.500. The maximum atomic E-state index is 12.1. The molecule has 1 rings (SSSR count). The summed E-state index contributed by atoms with van der Waals surface area (Å²) in [6.07, 6.45) is 0. The summed E-state index contributed by atoms with van der Waals surface area (Å²) in [6.45, 7) is 2.09. The lowest BCUT2D eigenvalue weighted by molar-refractivity contribution is 0.149. The molecule has 0 spiro atoms. The van der Waals surface area contributed by atoms with Crippen molar-refractivity contribution in [3.63, 3.8) is 0 Å². The molecule has 5 nitrogen and oxygen atoms in total. The molecule has 0 amide bonds. The van der Waals surface area contributed by atoms with Crippen molar-refractivity contribution in [2.45, 2.75) is 17.2 Å². The fourth-order valence-corrected chi connectivity index (χ4v) is 3.88. The quantitative estimate of drug-likeness (QED) is 0.811. The second-order valence-corrected chi connectivity index (χ2v) is 6.86. The minimum absolute atomic E-state index is 0.180. The standard InChI is InChI=1S/C10H14N2O3S2/c1-8(7-15-3)12(2)17(13,14)10-5-4-9(6-11)16-10/h4-5,8H,7H2,1-3H3. The zero-order valence-electron chi connectivity index (χ0n) is 9.87. The first kappa shape index (κ1) is 14.1. The molecule has 0 fully saturated rings. The van der Waals surface area contributed by atoms with Crippen LogP contribution in [0.15, 0.2) is 16.3 Å². The number of likely N-dealkylation sites (N-methyl/N-ethyl adjacent to an activating group) is 1. The maximum absolute atomic E-state index is 12.1. The van der Waals surface area contributed by atoms with Gasteiger partial charge in [0.15, 0.2) is 0 Å². The summed E-state index contributed by atoms with van der Waals surface area (Å²) in [5, 5.41) is 8.68. The van der Waals surface area contributed by atoms with Crippen LogP contribution in [-0.2, 0) is 14.8 Å². The van der Waals surface area contributed by atoms with Crippen molar-refractivity contribution >= 4 is 21.4 Å². The molecule has 0 aliphatic rings. The second kappa shape index (κ2) is 5.60. The Balaban J connectivity index is 2.99. The SMILES string of the molecule is COCC(C)N(C)S(=O)(=O)c1ccc(C#N)s1. The Morgan fingerprint density at radius 1 is 1.59 bits per heavy atom. The van der Waals surface area contributed by atoms with Crippen molar-refractivity contribution in [1.29, 1.82) is 5.26 Å². The number of sulfonamides is 1. The zero-order valence-corrected chi connectivity index (χ0v) is 11.5. The maximum Gasteiger partial charge on any atom is 0.252 e. The van der Waals surface area contributed by atoms with Gasteiger partial charge in [0.25, 0.3) is 10.0 Å². The van der Waals surface area contributed by atoms with E-state index in [1.165, 1.54) is 30.6 Å². The Kier molecular flexibility index (Phi) is 4.65. The third kappa shape index (κ3) is 3.04. The summed E-state index contributed by atoms with van der Waals surface area (Å²) in [4.78, 5) is 0.386. The number of thiophene rings is 1. The molecule has 0 saturated heterocycles. The average Bonchev–Trinajstić information content (AvgIpc) is 2.77. The Morgan fingerprint density at radius 2 is 2.24 bits per heavy atom. The van der Waals surface area contributed by atoms with E-state index >= 15 is 0 Å². The molecule has 1 aromatic rings. The van der Waals surface area contributed by atoms with Gasteiger partial charge in [-0.3, -0.25) is 0 Å². The van der Waals surface area contributed by atoms with Crippen LogP contribution in [0.4, 0.5) is 0 Å². The van der Waals surface area contributed by atoms with Gasteiger partial charge in [-0.25, -0.2) is 8.42 Å². The van der Waals surface area contributed by atoms with Gasteiger partial charge in [-0.05, 0) is 19.1 Å². The van der Waals surface area contributed by atoms with Crippen LogP contribution in [-0.4, -0.2) is 39.5 Å². The highest BCUT2D eigenvalue weighted by Crippen LogP contribution is 2.24. The first-order valence-electron chi connectivity index (χ1n) is 4.90. The zero-order chi connectivity index (χ0) is 13.1. The summed E-state index contributed by atoms with van der Waals surface area (Å²) in [6, 6.07) is 4.63. The van der Waals surface area contributed by atoms with Gasteiger partial charge in [0, 0.05) is 20.2 Å². The summed E-state index contributed by atoms with van der Waals surface area (Å²) < 4.78 is 30.7. The van der Waals surface area contributed by atoms with Gasteiger partial charge >= 0.3 is 0 Å². The van der Waals surface area contributed by atoms with Crippen LogP contribution in [0.1, 0.15) is 11.8 Å². The normalized spacial score (nSPS) is 13.6. The van der Waals surface area contributed by atoms with E-state index in [0.717, 1.165) is 11.3 Å². The van der Waals surface area contributed by atoms with Gasteiger partial charge < -0.3 is 4.74 Å². The largest absolute Gasteiger partial charge is 0.383 e. The van der Waals surface area contributed by atoms with Crippen molar-refractivity contribution in [2.24, 2.45) is 0 Å². The average molecular weight is 274 g/mol. The fourth-order valence-electron chi connectivity index (χ4n) is 1.24. The van der Waals surface area contributed by atoms with Crippen LogP contribution in [0.3, 0.4) is 0 Å². The lowest BCUT2D eigenvalue weighted by Crippen LogP contribution is -2.37. The van der Waals surface area contributed by atoms with E-state index in [0.29, 0.717) is 11.5 Å². The third-order valence-electron chi connectivity index (χ3n) is 2.35. The smallest absolute Gasteiger partial charge is 0.252 e. The topological polar surface area (TPSA) is 70.4 Å². The van der Waals surface area contributed by atoms with Gasteiger partial charge in [-0.15, -0.1) is 11.3 Å². The molecular formula is C10H14N2O3S2. The molecule has 17 heavy (non-hydrogen) atoms. The summed E-state index contributed by atoms with van der Waals surface area (Å²) >= 11 is 0.972. The molecule has 7 heteroatoms. The molecule has 0 aromatic carbocycles. The number of ether oxygens (including phenoxy) is 1. The van der Waals surface area contributed by atoms with Gasteiger partial charge in [-0.1, -0.05) is 0 Å². The van der Waals surface area contributed by atoms with Crippen LogP contribution in [0.25, 0.3) is 0 Å². The number of hydrogen-bond acceptors (Lipinski definition) is 5. The van der Waals surface area contributed by atoms with Crippen molar-refractivity contribution in [1.82, 2.24) is 4.31 Å². The first-order chi connectivity index (χ1) is 7.93. The van der Waals surface area contributed by atoms with Crippen molar-refractivity contribution in [3.05, 3.63) is 17.0 Å². The lowest BCUT2D eigenvalue weighted by atomic mass is 10.4. The molecule has 0 bridgehead atoms.